The summed E-state index contributed by atoms with van der Waals surface area (Å²) < 4.78 is 0. The summed E-state index contributed by atoms with van der Waals surface area (Å²) in [7, 11) is 0. The minimum Gasteiger partial charge on any atom is -0.322 e. The smallest absolute Gasteiger partial charge is 0.274 e. The second kappa shape index (κ2) is 6.67. The van der Waals surface area contributed by atoms with Crippen LogP contribution in [-0.2, 0) is 6.42 Å². The van der Waals surface area contributed by atoms with E-state index in [9.17, 15) is 9.59 Å². The highest BCUT2D eigenvalue weighted by atomic mass is 16.5. The molecule has 2 amide bonds. The van der Waals surface area contributed by atoms with Crippen LogP contribution in [0.25, 0.3) is 0 Å². The number of carbonyl (C=O) groups is 2. The van der Waals surface area contributed by atoms with E-state index in [-0.39, 0.29) is 5.91 Å². The first kappa shape index (κ1) is 14.7. The zero-order valence-corrected chi connectivity index (χ0v) is 11.6. The van der Waals surface area contributed by atoms with Gasteiger partial charge in [0.1, 0.15) is 0 Å². The second-order valence-corrected chi connectivity index (χ2v) is 4.52. The van der Waals surface area contributed by atoms with Gasteiger partial charge in [-0.25, -0.2) is 5.48 Å². The molecule has 5 nitrogen and oxygen atoms in total. The van der Waals surface area contributed by atoms with Gasteiger partial charge >= 0.3 is 0 Å². The number of benzene rings is 2. The van der Waals surface area contributed by atoms with E-state index in [2.05, 4.69) is 12.2 Å². The van der Waals surface area contributed by atoms with E-state index in [0.29, 0.717) is 16.8 Å². The Kier molecular flexibility index (Phi) is 4.68. The molecule has 0 unspecified atom stereocenters. The third-order valence-corrected chi connectivity index (χ3v) is 3.13. The van der Waals surface area contributed by atoms with Gasteiger partial charge in [-0.3, -0.25) is 14.8 Å². The fourth-order valence-corrected chi connectivity index (χ4v) is 1.86. The maximum Gasteiger partial charge on any atom is 0.274 e. The van der Waals surface area contributed by atoms with Crippen LogP contribution in [-0.4, -0.2) is 17.0 Å². The molecule has 3 N–H and O–H groups in total. The molecule has 0 radical (unpaired) electrons. The van der Waals surface area contributed by atoms with E-state index in [4.69, 9.17) is 5.21 Å². The van der Waals surface area contributed by atoms with Crippen LogP contribution in [0.1, 0.15) is 33.2 Å². The molecule has 0 aliphatic carbocycles. The number of carbonyl (C=O) groups excluding carboxylic acids is 2. The Morgan fingerprint density at radius 2 is 1.43 bits per heavy atom. The summed E-state index contributed by atoms with van der Waals surface area (Å²) in [6, 6.07) is 13.6. The minimum absolute atomic E-state index is 0.211. The molecule has 2 aromatic carbocycles. The number of nitrogens with one attached hydrogen (secondary N) is 2. The number of hydrogen-bond donors (Lipinski definition) is 3. The second-order valence-electron chi connectivity index (χ2n) is 4.52. The van der Waals surface area contributed by atoms with Crippen molar-refractivity contribution in [2.45, 2.75) is 13.3 Å². The average molecular weight is 284 g/mol. The van der Waals surface area contributed by atoms with Gasteiger partial charge < -0.3 is 5.32 Å². The van der Waals surface area contributed by atoms with Crippen molar-refractivity contribution in [3.05, 3.63) is 65.2 Å². The minimum atomic E-state index is -0.594. The van der Waals surface area contributed by atoms with Crippen LogP contribution in [0, 0.1) is 0 Å². The lowest BCUT2D eigenvalue weighted by atomic mass is 10.1. The molecule has 0 spiro atoms. The molecule has 0 aliphatic heterocycles. The third kappa shape index (κ3) is 3.67. The van der Waals surface area contributed by atoms with Crippen LogP contribution in [0.15, 0.2) is 48.5 Å². The van der Waals surface area contributed by atoms with Crippen molar-refractivity contribution in [2.24, 2.45) is 0 Å². The summed E-state index contributed by atoms with van der Waals surface area (Å²) in [5, 5.41) is 11.3. The lowest BCUT2D eigenvalue weighted by molar-refractivity contribution is 0.0706. The molecule has 0 aromatic heterocycles. The molecule has 0 fully saturated rings. The van der Waals surface area contributed by atoms with E-state index < -0.39 is 5.91 Å². The molecule has 0 aliphatic rings. The standard InChI is InChI=1S/C16H16N2O3/c1-2-11-3-5-12(6-4-11)15(19)17-14-9-7-13(8-10-14)16(20)18-21/h3-10,21H,2H2,1H3,(H,17,19)(H,18,20). The fraction of sp³-hybridized carbons (Fsp3) is 0.125. The van der Waals surface area contributed by atoms with E-state index in [0.717, 1.165) is 6.42 Å². The van der Waals surface area contributed by atoms with Crippen LogP contribution >= 0.6 is 0 Å². The Balaban J connectivity index is 2.06. The normalized spacial score (nSPS) is 10.0. The average Bonchev–Trinajstić information content (AvgIpc) is 2.55. The molecule has 5 heteroatoms. The van der Waals surface area contributed by atoms with Crippen LogP contribution in [0.4, 0.5) is 5.69 Å². The number of rotatable bonds is 4. The summed E-state index contributed by atoms with van der Waals surface area (Å²) in [6.07, 6.45) is 0.927. The zero-order chi connectivity index (χ0) is 15.2. The predicted octanol–water partition coefficient (Wildman–Crippen LogP) is 2.62. The quantitative estimate of drug-likeness (QED) is 0.596. The summed E-state index contributed by atoms with van der Waals surface area (Å²) in [4.78, 5) is 23.2. The Hall–Kier alpha value is -2.66. The van der Waals surface area contributed by atoms with E-state index in [1.165, 1.54) is 17.7 Å². The lowest BCUT2D eigenvalue weighted by Crippen LogP contribution is -2.18. The van der Waals surface area contributed by atoms with E-state index in [1.807, 2.05) is 12.1 Å². The summed E-state index contributed by atoms with van der Waals surface area (Å²) in [5.41, 5.74) is 4.18. The van der Waals surface area contributed by atoms with E-state index in [1.54, 1.807) is 29.7 Å². The van der Waals surface area contributed by atoms with Crippen LogP contribution in [0.5, 0.6) is 0 Å². The number of amides is 2. The highest BCUT2D eigenvalue weighted by Crippen LogP contribution is 2.12. The molecule has 0 heterocycles. The molecule has 21 heavy (non-hydrogen) atoms. The Morgan fingerprint density at radius 3 is 1.95 bits per heavy atom. The lowest BCUT2D eigenvalue weighted by Gasteiger charge is -2.06. The van der Waals surface area contributed by atoms with Gasteiger partial charge in [0, 0.05) is 16.8 Å². The predicted molar refractivity (Wildman–Crippen MR) is 79.5 cm³/mol. The topological polar surface area (TPSA) is 78.4 Å². The number of hydrogen-bond acceptors (Lipinski definition) is 3. The van der Waals surface area contributed by atoms with Crippen molar-refractivity contribution in [1.29, 1.82) is 0 Å². The molecule has 2 rings (SSSR count). The van der Waals surface area contributed by atoms with Crippen molar-refractivity contribution in [2.75, 3.05) is 5.32 Å². The van der Waals surface area contributed by atoms with Gasteiger partial charge in [0.2, 0.25) is 0 Å². The van der Waals surface area contributed by atoms with Gasteiger partial charge in [0.15, 0.2) is 0 Å². The van der Waals surface area contributed by atoms with Gasteiger partial charge in [-0.1, -0.05) is 19.1 Å². The maximum absolute atomic E-state index is 12.1. The highest BCUT2D eigenvalue weighted by molar-refractivity contribution is 6.04. The van der Waals surface area contributed by atoms with Crippen molar-refractivity contribution in [3.63, 3.8) is 0 Å². The summed E-state index contributed by atoms with van der Waals surface area (Å²) in [5.74, 6) is -0.806. The Morgan fingerprint density at radius 1 is 0.905 bits per heavy atom. The number of aryl methyl sites for hydroxylation is 1. The van der Waals surface area contributed by atoms with Gasteiger partial charge in [-0.2, -0.15) is 0 Å². The zero-order valence-electron chi connectivity index (χ0n) is 11.6. The van der Waals surface area contributed by atoms with Crippen LogP contribution in [0.3, 0.4) is 0 Å². The van der Waals surface area contributed by atoms with Crippen molar-refractivity contribution in [1.82, 2.24) is 5.48 Å². The van der Waals surface area contributed by atoms with Gasteiger partial charge in [-0.15, -0.1) is 0 Å². The first-order valence-corrected chi connectivity index (χ1v) is 6.59. The van der Waals surface area contributed by atoms with Gasteiger partial charge in [0.25, 0.3) is 11.8 Å². The first-order chi connectivity index (χ1) is 10.1. The number of hydroxylamine groups is 1. The Labute approximate surface area is 122 Å². The molecule has 2 aromatic rings. The molecular weight excluding hydrogens is 268 g/mol. The third-order valence-electron chi connectivity index (χ3n) is 3.13. The van der Waals surface area contributed by atoms with Crippen molar-refractivity contribution < 1.29 is 14.8 Å². The monoisotopic (exact) mass is 284 g/mol. The SMILES string of the molecule is CCc1ccc(C(=O)Nc2ccc(C(=O)NO)cc2)cc1. The summed E-state index contributed by atoms with van der Waals surface area (Å²) in [6.45, 7) is 2.05. The molecule has 0 bridgehead atoms. The van der Waals surface area contributed by atoms with Crippen LogP contribution < -0.4 is 10.8 Å². The Bertz CT molecular complexity index is 634. The van der Waals surface area contributed by atoms with Crippen molar-refractivity contribution >= 4 is 17.5 Å². The molecular formula is C16H16N2O3. The van der Waals surface area contributed by atoms with Gasteiger partial charge in [-0.05, 0) is 48.4 Å². The van der Waals surface area contributed by atoms with E-state index >= 15 is 0 Å². The molecule has 0 atom stereocenters. The summed E-state index contributed by atoms with van der Waals surface area (Å²) >= 11 is 0. The van der Waals surface area contributed by atoms with Crippen LogP contribution in [0.2, 0.25) is 0 Å². The maximum atomic E-state index is 12.1. The highest BCUT2D eigenvalue weighted by Gasteiger charge is 2.07. The number of anilines is 1. The largest absolute Gasteiger partial charge is 0.322 e. The van der Waals surface area contributed by atoms with Gasteiger partial charge in [0.05, 0.1) is 0 Å². The van der Waals surface area contributed by atoms with Crippen molar-refractivity contribution in [3.8, 4) is 0 Å². The molecule has 108 valence electrons. The molecule has 0 saturated heterocycles. The first-order valence-electron chi connectivity index (χ1n) is 6.59. The molecule has 0 saturated carbocycles. The fourth-order valence-electron chi connectivity index (χ4n) is 1.86.